The Hall–Kier alpha value is -1.33. The molecule has 120 valence electrons. The molecule has 1 fully saturated rings. The van der Waals surface area contributed by atoms with Gasteiger partial charge in [0, 0.05) is 6.54 Å². The number of nitrogens with one attached hydrogen (secondary N) is 1. The smallest absolute Gasteiger partial charge is 0.399 e. The number of likely N-dealkylation sites (N-methyl/N-ethyl adjacent to an activating group) is 1. The van der Waals surface area contributed by atoms with Gasteiger partial charge in [0.05, 0.1) is 17.6 Å². The molecule has 1 heterocycles. The zero-order valence-electron chi connectivity index (χ0n) is 14.4. The monoisotopic (exact) mass is 303 g/mol. The molecule has 1 amide bonds. The lowest BCUT2D eigenvalue weighted by Crippen LogP contribution is -2.41. The summed E-state index contributed by atoms with van der Waals surface area (Å²) in [6, 6.07) is 6.02. The minimum Gasteiger partial charge on any atom is -0.399 e. The third-order valence-corrected chi connectivity index (χ3v) is 4.58. The maximum absolute atomic E-state index is 11.7. The number of carbonyl (C=O) groups excluding carboxylic acids is 1. The van der Waals surface area contributed by atoms with Gasteiger partial charge in [0.1, 0.15) is 0 Å². The van der Waals surface area contributed by atoms with Crippen LogP contribution in [0.1, 0.15) is 45.7 Å². The van der Waals surface area contributed by atoms with Crippen LogP contribution in [-0.4, -0.2) is 30.8 Å². The number of benzene rings is 1. The lowest BCUT2D eigenvalue weighted by molar-refractivity contribution is -0.120. The molecule has 0 saturated carbocycles. The van der Waals surface area contributed by atoms with E-state index < -0.39 is 0 Å². The van der Waals surface area contributed by atoms with Crippen LogP contribution in [0, 0.1) is 6.92 Å². The lowest BCUT2D eigenvalue weighted by atomic mass is 9.75. The van der Waals surface area contributed by atoms with Crippen LogP contribution < -0.4 is 10.8 Å². The third kappa shape index (κ3) is 3.36. The van der Waals surface area contributed by atoms with Crippen molar-refractivity contribution >= 4 is 18.5 Å². The van der Waals surface area contributed by atoms with Crippen LogP contribution in [-0.2, 0) is 20.5 Å². The minimum atomic E-state index is -0.358. The SMILES string of the molecule is CCNC(=O)Cc1ccc(B2OC(C)(C)C(C)(C)O2)c(C)c1. The van der Waals surface area contributed by atoms with Gasteiger partial charge in [0.2, 0.25) is 5.91 Å². The fraction of sp³-hybridized carbons (Fsp3) is 0.588. The van der Waals surface area contributed by atoms with Gasteiger partial charge in [-0.25, -0.2) is 0 Å². The summed E-state index contributed by atoms with van der Waals surface area (Å²) < 4.78 is 12.2. The summed E-state index contributed by atoms with van der Waals surface area (Å²) in [5.74, 6) is 0.0466. The van der Waals surface area contributed by atoms with Gasteiger partial charge < -0.3 is 14.6 Å². The Morgan fingerprint density at radius 2 is 1.77 bits per heavy atom. The molecule has 0 aliphatic carbocycles. The number of rotatable bonds is 4. The van der Waals surface area contributed by atoms with E-state index in [4.69, 9.17) is 9.31 Å². The Bertz CT molecular complexity index is 553. The van der Waals surface area contributed by atoms with Crippen molar-refractivity contribution in [3.8, 4) is 0 Å². The van der Waals surface area contributed by atoms with E-state index in [-0.39, 0.29) is 24.2 Å². The van der Waals surface area contributed by atoms with Crippen molar-refractivity contribution in [2.45, 2.75) is 59.2 Å². The first-order valence-electron chi connectivity index (χ1n) is 7.88. The molecule has 22 heavy (non-hydrogen) atoms. The molecule has 1 aliphatic heterocycles. The molecular weight excluding hydrogens is 277 g/mol. The summed E-state index contributed by atoms with van der Waals surface area (Å²) in [4.78, 5) is 11.7. The number of aryl methyl sites for hydroxylation is 1. The summed E-state index contributed by atoms with van der Waals surface area (Å²) >= 11 is 0. The van der Waals surface area contributed by atoms with E-state index in [1.54, 1.807) is 0 Å². The largest absolute Gasteiger partial charge is 0.495 e. The Kier molecular flexibility index (Phi) is 4.69. The predicted octanol–water partition coefficient (Wildman–Crippen LogP) is 1.97. The molecule has 1 aromatic rings. The summed E-state index contributed by atoms with van der Waals surface area (Å²) in [7, 11) is -0.358. The van der Waals surface area contributed by atoms with E-state index >= 15 is 0 Å². The van der Waals surface area contributed by atoms with Gasteiger partial charge in [-0.05, 0) is 52.6 Å². The molecule has 0 unspecified atom stereocenters. The molecule has 1 aliphatic rings. The Balaban J connectivity index is 2.16. The first-order valence-corrected chi connectivity index (χ1v) is 7.88. The van der Waals surface area contributed by atoms with Crippen molar-refractivity contribution in [1.82, 2.24) is 5.32 Å². The van der Waals surface area contributed by atoms with Crippen LogP contribution in [0.3, 0.4) is 0 Å². The summed E-state index contributed by atoms with van der Waals surface area (Å²) in [6.45, 7) is 12.8. The van der Waals surface area contributed by atoms with Gasteiger partial charge in [0.25, 0.3) is 0 Å². The molecule has 0 bridgehead atoms. The van der Waals surface area contributed by atoms with E-state index in [2.05, 4.69) is 5.32 Å². The highest BCUT2D eigenvalue weighted by Gasteiger charge is 2.51. The Morgan fingerprint density at radius 1 is 1.18 bits per heavy atom. The van der Waals surface area contributed by atoms with E-state index in [9.17, 15) is 4.79 Å². The topological polar surface area (TPSA) is 47.6 Å². The normalized spacial score (nSPS) is 19.3. The van der Waals surface area contributed by atoms with Gasteiger partial charge >= 0.3 is 7.12 Å². The first-order chi connectivity index (χ1) is 10.2. The zero-order valence-corrected chi connectivity index (χ0v) is 14.4. The average molecular weight is 303 g/mol. The lowest BCUT2D eigenvalue weighted by Gasteiger charge is -2.32. The van der Waals surface area contributed by atoms with Crippen LogP contribution in [0.5, 0.6) is 0 Å². The van der Waals surface area contributed by atoms with Crippen LogP contribution in [0.25, 0.3) is 0 Å². The van der Waals surface area contributed by atoms with E-state index in [1.165, 1.54) is 0 Å². The number of amides is 1. The molecule has 0 spiro atoms. The van der Waals surface area contributed by atoms with Crippen molar-refractivity contribution in [2.75, 3.05) is 6.54 Å². The van der Waals surface area contributed by atoms with E-state index in [1.807, 2.05) is 59.7 Å². The van der Waals surface area contributed by atoms with Crippen LogP contribution >= 0.6 is 0 Å². The van der Waals surface area contributed by atoms with E-state index in [0.29, 0.717) is 13.0 Å². The van der Waals surface area contributed by atoms with Gasteiger partial charge in [-0.15, -0.1) is 0 Å². The molecule has 0 aromatic heterocycles. The van der Waals surface area contributed by atoms with Gasteiger partial charge in [0.15, 0.2) is 0 Å². The standard InChI is InChI=1S/C17H26BNO3/c1-7-19-15(20)11-13-8-9-14(12(2)10-13)18-21-16(3,4)17(5,6)22-18/h8-10H,7,11H2,1-6H3,(H,19,20). The zero-order chi connectivity index (χ0) is 16.5. The highest BCUT2D eigenvalue weighted by Crippen LogP contribution is 2.36. The highest BCUT2D eigenvalue weighted by atomic mass is 16.7. The Labute approximate surface area is 133 Å². The maximum Gasteiger partial charge on any atom is 0.495 e. The quantitative estimate of drug-likeness (QED) is 0.865. The molecule has 1 aromatic carbocycles. The van der Waals surface area contributed by atoms with Crippen molar-refractivity contribution in [3.05, 3.63) is 29.3 Å². The molecule has 1 N–H and O–H groups in total. The van der Waals surface area contributed by atoms with Gasteiger partial charge in [-0.1, -0.05) is 23.8 Å². The van der Waals surface area contributed by atoms with Crippen LogP contribution in [0.4, 0.5) is 0 Å². The molecular formula is C17H26BNO3. The molecule has 4 nitrogen and oxygen atoms in total. The fourth-order valence-electron chi connectivity index (χ4n) is 2.53. The number of hydrogen-bond acceptors (Lipinski definition) is 3. The number of hydrogen-bond donors (Lipinski definition) is 1. The van der Waals surface area contributed by atoms with E-state index in [0.717, 1.165) is 16.6 Å². The second-order valence-corrected chi connectivity index (χ2v) is 6.91. The van der Waals surface area contributed by atoms with Crippen LogP contribution in [0.15, 0.2) is 18.2 Å². The summed E-state index contributed by atoms with van der Waals surface area (Å²) in [5.41, 5.74) is 2.43. The molecule has 5 heteroatoms. The van der Waals surface area contributed by atoms with Crippen molar-refractivity contribution in [3.63, 3.8) is 0 Å². The van der Waals surface area contributed by atoms with Crippen molar-refractivity contribution < 1.29 is 14.1 Å². The van der Waals surface area contributed by atoms with Crippen molar-refractivity contribution in [2.24, 2.45) is 0 Å². The molecule has 1 saturated heterocycles. The first kappa shape index (κ1) is 17.0. The Morgan fingerprint density at radius 3 is 2.27 bits per heavy atom. The molecule has 0 atom stereocenters. The summed E-state index contributed by atoms with van der Waals surface area (Å²) in [6.07, 6.45) is 0.401. The maximum atomic E-state index is 11.7. The van der Waals surface area contributed by atoms with Gasteiger partial charge in [-0.3, -0.25) is 4.79 Å². The highest BCUT2D eigenvalue weighted by molar-refractivity contribution is 6.62. The summed E-state index contributed by atoms with van der Waals surface area (Å²) in [5, 5.41) is 2.82. The predicted molar refractivity (Wildman–Crippen MR) is 89.3 cm³/mol. The van der Waals surface area contributed by atoms with Crippen molar-refractivity contribution in [1.29, 1.82) is 0 Å². The number of carbonyl (C=O) groups is 1. The average Bonchev–Trinajstić information content (AvgIpc) is 2.58. The molecule has 0 radical (unpaired) electrons. The third-order valence-electron chi connectivity index (χ3n) is 4.58. The second-order valence-electron chi connectivity index (χ2n) is 6.91. The molecule has 2 rings (SSSR count). The minimum absolute atomic E-state index is 0.0466. The fourth-order valence-corrected chi connectivity index (χ4v) is 2.53. The van der Waals surface area contributed by atoms with Crippen LogP contribution in [0.2, 0.25) is 0 Å². The second kappa shape index (κ2) is 6.05. The van der Waals surface area contributed by atoms with Gasteiger partial charge in [-0.2, -0.15) is 0 Å².